The van der Waals surface area contributed by atoms with Crippen LogP contribution in [0, 0.1) is 34.0 Å². The minimum Gasteiger partial charge on any atom is -0.481 e. The lowest BCUT2D eigenvalue weighted by molar-refractivity contribution is -0.177. The first-order valence-electron chi connectivity index (χ1n) is 12.8. The number of aliphatic carboxylic acids is 1. The molecule has 2 heterocycles. The number of benzene rings is 1. The number of nitriles is 1. The largest absolute Gasteiger partial charge is 0.481 e. The van der Waals surface area contributed by atoms with Gasteiger partial charge in [-0.3, -0.25) is 19.4 Å². The molecule has 5 atom stereocenters. The summed E-state index contributed by atoms with van der Waals surface area (Å²) in [5, 5.41) is 18.0. The number of carboxylic acid groups (broad SMARTS) is 1. The van der Waals surface area contributed by atoms with Crippen LogP contribution in [-0.2, 0) is 30.4 Å². The maximum atomic E-state index is 14.3. The molecule has 1 aromatic heterocycles. The maximum absolute atomic E-state index is 14.3. The molecule has 3 N–H and O–H groups in total. The van der Waals surface area contributed by atoms with E-state index in [-0.39, 0.29) is 16.4 Å². The third kappa shape index (κ3) is 4.84. The highest BCUT2D eigenvalue weighted by Gasteiger charge is 2.76. The Morgan fingerprint density at radius 2 is 1.82 bits per heavy atom. The molecule has 18 heteroatoms. The summed E-state index contributed by atoms with van der Waals surface area (Å²) in [5.74, 6) is -10.9. The normalized spacial score (nSPS) is 29.4. The molecule has 0 radical (unpaired) electrons. The number of primary amides is 1. The van der Waals surface area contributed by atoms with Gasteiger partial charge in [0.1, 0.15) is 10.6 Å². The van der Waals surface area contributed by atoms with Crippen molar-refractivity contribution in [3.63, 3.8) is 0 Å². The first-order valence-corrected chi connectivity index (χ1v) is 14.8. The molecule has 0 spiro atoms. The van der Waals surface area contributed by atoms with Gasteiger partial charge in [0.25, 0.3) is 5.92 Å². The van der Waals surface area contributed by atoms with Gasteiger partial charge in [0.2, 0.25) is 11.8 Å². The fourth-order valence-electron chi connectivity index (χ4n) is 6.45. The average molecular weight is 662 g/mol. The number of nitrogens with zero attached hydrogens (tertiary/aromatic N) is 4. The van der Waals surface area contributed by atoms with Crippen LogP contribution in [0.3, 0.4) is 0 Å². The van der Waals surface area contributed by atoms with Gasteiger partial charge in [-0.1, -0.05) is 17.7 Å². The second-order valence-corrected chi connectivity index (χ2v) is 13.8. The third-order valence-corrected chi connectivity index (χ3v) is 11.1. The molecule has 11 nitrogen and oxygen atoms in total. The average Bonchev–Trinajstić information content (AvgIpc) is 3.54. The lowest BCUT2D eigenvalue weighted by atomic mass is 9.70. The molecule has 2 amide bonds. The van der Waals surface area contributed by atoms with Crippen LogP contribution in [0.15, 0.2) is 35.5 Å². The summed E-state index contributed by atoms with van der Waals surface area (Å²) in [6, 6.07) is 3.80. The van der Waals surface area contributed by atoms with E-state index in [4.69, 9.17) is 17.3 Å². The van der Waals surface area contributed by atoms with Gasteiger partial charge in [-0.05, 0) is 31.4 Å². The minimum atomic E-state index is -5.25. The van der Waals surface area contributed by atoms with E-state index in [9.17, 15) is 55.1 Å². The molecule has 3 aliphatic rings. The molecule has 1 aliphatic heterocycles. The number of aromatic nitrogens is 2. The number of carboxylic acids is 1. The molecule has 5 rings (SSSR count). The number of rotatable bonds is 7. The van der Waals surface area contributed by atoms with Gasteiger partial charge in [-0.25, -0.2) is 22.2 Å². The summed E-state index contributed by atoms with van der Waals surface area (Å²) in [6.45, 7) is -2.18. The predicted octanol–water partition coefficient (Wildman–Crippen LogP) is 2.93. The van der Waals surface area contributed by atoms with Gasteiger partial charge in [-0.15, -0.1) is 0 Å². The second kappa shape index (κ2) is 10.1. The van der Waals surface area contributed by atoms with Crippen molar-refractivity contribution >= 4 is 39.2 Å². The Hall–Kier alpha value is -3.91. The Morgan fingerprint density at radius 1 is 1.16 bits per heavy atom. The molecule has 2 aromatic rings. The summed E-state index contributed by atoms with van der Waals surface area (Å²) >= 11 is 5.78. The number of halogens is 6. The zero-order valence-electron chi connectivity index (χ0n) is 22.2. The molecule has 1 aromatic carbocycles. The maximum Gasteiger partial charge on any atom is 0.417 e. The number of amides is 2. The summed E-state index contributed by atoms with van der Waals surface area (Å²) in [4.78, 5) is 45.5. The van der Waals surface area contributed by atoms with Crippen molar-refractivity contribution in [2.24, 2.45) is 28.4 Å². The van der Waals surface area contributed by atoms with Crippen molar-refractivity contribution in [2.45, 2.75) is 41.5 Å². The Kier molecular flexibility index (Phi) is 7.20. The number of likely N-dealkylation sites (tertiary alicyclic amines) is 1. The second-order valence-electron chi connectivity index (χ2n) is 11.2. The predicted molar refractivity (Wildman–Crippen MR) is 138 cm³/mol. The highest BCUT2D eigenvalue weighted by molar-refractivity contribution is 7.92. The number of alkyl halides is 5. The summed E-state index contributed by atoms with van der Waals surface area (Å²) in [6.07, 6.45) is -5.35. The van der Waals surface area contributed by atoms with Crippen LogP contribution in [0.4, 0.5) is 22.0 Å². The van der Waals surface area contributed by atoms with E-state index < -0.39 is 110 Å². The molecule has 2 aliphatic carbocycles. The Labute approximate surface area is 250 Å². The summed E-state index contributed by atoms with van der Waals surface area (Å²) < 4.78 is 97.9. The smallest absolute Gasteiger partial charge is 0.417 e. The van der Waals surface area contributed by atoms with Crippen LogP contribution < -0.4 is 5.73 Å². The molecule has 3 fully saturated rings. The van der Waals surface area contributed by atoms with Crippen LogP contribution in [0.25, 0.3) is 11.3 Å². The standard InChI is InChI=1S/C26H21ClF5N5O6S/c27-19-8-35-7-16(36-19)12-1-2-17(14(3-12)26(30,31)32)44(42,43)13-4-15(20(38)37-10-24(28,29)11-37)25(5-13,22(40)41)18-6-23(18,9-33)21(34)39/h1-3,7-8,13,15,18H,4-6,10-11H2,(H2,34,39)(H,40,41)/t13-,15+,18?,23?,25+/m1/s1. The monoisotopic (exact) mass is 661 g/mol. The Bertz CT molecular complexity index is 1740. The fourth-order valence-corrected chi connectivity index (χ4v) is 8.63. The fraction of sp³-hybridized carbons (Fsp3) is 0.462. The molecule has 2 unspecified atom stereocenters. The molecule has 0 bridgehead atoms. The quantitative estimate of drug-likeness (QED) is 0.421. The van der Waals surface area contributed by atoms with Crippen LogP contribution in [0.5, 0.6) is 0 Å². The minimum absolute atomic E-state index is 0.109. The summed E-state index contributed by atoms with van der Waals surface area (Å²) in [5.41, 5.74) is -1.16. The van der Waals surface area contributed by atoms with E-state index in [1.165, 1.54) is 0 Å². The summed E-state index contributed by atoms with van der Waals surface area (Å²) in [7, 11) is -5.10. The molecular formula is C26H21ClF5N5O6S. The van der Waals surface area contributed by atoms with Gasteiger partial charge in [0, 0.05) is 11.5 Å². The number of carbonyl (C=O) groups excluding carboxylic acids is 2. The number of hydrogen-bond donors (Lipinski definition) is 2. The highest BCUT2D eigenvalue weighted by Crippen LogP contribution is 2.68. The van der Waals surface area contributed by atoms with Crippen molar-refractivity contribution in [2.75, 3.05) is 13.1 Å². The van der Waals surface area contributed by atoms with Crippen LogP contribution >= 0.6 is 11.6 Å². The van der Waals surface area contributed by atoms with Crippen LogP contribution in [0.2, 0.25) is 5.15 Å². The highest BCUT2D eigenvalue weighted by atomic mass is 35.5. The van der Waals surface area contributed by atoms with E-state index in [1.54, 1.807) is 6.07 Å². The van der Waals surface area contributed by atoms with E-state index in [0.29, 0.717) is 17.0 Å². The number of hydrogen-bond acceptors (Lipinski definition) is 8. The zero-order chi connectivity index (χ0) is 32.6. The van der Waals surface area contributed by atoms with E-state index in [1.807, 2.05) is 0 Å². The number of sulfone groups is 1. The lowest BCUT2D eigenvalue weighted by Crippen LogP contribution is -2.61. The Balaban J connectivity index is 1.61. The topological polar surface area (TPSA) is 184 Å². The van der Waals surface area contributed by atoms with E-state index >= 15 is 0 Å². The van der Waals surface area contributed by atoms with Crippen molar-refractivity contribution in [3.8, 4) is 17.3 Å². The van der Waals surface area contributed by atoms with Gasteiger partial charge in [0.15, 0.2) is 9.84 Å². The number of carbonyl (C=O) groups is 3. The van der Waals surface area contributed by atoms with Crippen LogP contribution in [0.1, 0.15) is 24.8 Å². The van der Waals surface area contributed by atoms with Crippen molar-refractivity contribution in [3.05, 3.63) is 41.3 Å². The third-order valence-electron chi connectivity index (χ3n) is 8.69. The Morgan fingerprint density at radius 3 is 2.32 bits per heavy atom. The van der Waals surface area contributed by atoms with Gasteiger partial charge < -0.3 is 15.7 Å². The van der Waals surface area contributed by atoms with Gasteiger partial charge >= 0.3 is 12.1 Å². The zero-order valence-corrected chi connectivity index (χ0v) is 23.8. The number of nitrogens with two attached hydrogens (primary N) is 1. The van der Waals surface area contributed by atoms with Gasteiger partial charge in [0.05, 0.1) is 64.3 Å². The van der Waals surface area contributed by atoms with Gasteiger partial charge in [-0.2, -0.15) is 18.4 Å². The SMILES string of the molecule is N#CC1(C(N)=O)CC1[C@]1(C(=O)O)C[C@H](S(=O)(=O)c2ccc(-c3cncc(Cl)n3)cc2C(F)(F)F)C[C@H]1C(=O)N1CC(F)(F)C1. The van der Waals surface area contributed by atoms with Crippen molar-refractivity contribution in [1.82, 2.24) is 14.9 Å². The van der Waals surface area contributed by atoms with E-state index in [0.717, 1.165) is 18.5 Å². The molecule has 2 saturated carbocycles. The first kappa shape index (κ1) is 31.5. The van der Waals surface area contributed by atoms with Crippen molar-refractivity contribution < 1.29 is 49.9 Å². The first-order chi connectivity index (χ1) is 20.3. The van der Waals surface area contributed by atoms with Crippen LogP contribution in [-0.4, -0.2) is 70.4 Å². The van der Waals surface area contributed by atoms with Crippen molar-refractivity contribution in [1.29, 1.82) is 5.26 Å². The molecule has 44 heavy (non-hydrogen) atoms. The molecule has 1 saturated heterocycles. The van der Waals surface area contributed by atoms with E-state index in [2.05, 4.69) is 9.97 Å². The lowest BCUT2D eigenvalue weighted by Gasteiger charge is -2.42. The molecular weight excluding hydrogens is 641 g/mol. The molecule has 234 valence electrons.